The third-order valence-corrected chi connectivity index (χ3v) is 2.85. The summed E-state index contributed by atoms with van der Waals surface area (Å²) in [5.41, 5.74) is 6.47. The summed E-state index contributed by atoms with van der Waals surface area (Å²) in [6, 6.07) is 3.11. The van der Waals surface area contributed by atoms with E-state index in [0.29, 0.717) is 18.0 Å². The van der Waals surface area contributed by atoms with Crippen molar-refractivity contribution in [3.63, 3.8) is 0 Å². The molecule has 1 amide bonds. The van der Waals surface area contributed by atoms with Gasteiger partial charge in [-0.25, -0.2) is 9.97 Å². The Hall–Kier alpha value is -1.63. The maximum Gasteiger partial charge on any atom is 0.241 e. The fraction of sp³-hybridized carbons (Fsp3) is 0.357. The van der Waals surface area contributed by atoms with Gasteiger partial charge in [-0.3, -0.25) is 9.36 Å². The van der Waals surface area contributed by atoms with Crippen LogP contribution in [0.25, 0.3) is 5.82 Å². The second-order valence-corrected chi connectivity index (χ2v) is 5.10. The van der Waals surface area contributed by atoms with Crippen molar-refractivity contribution in [1.29, 1.82) is 0 Å². The summed E-state index contributed by atoms with van der Waals surface area (Å²) in [5, 5.41) is 2.77. The second kappa shape index (κ2) is 9.40. The zero-order valence-corrected chi connectivity index (χ0v) is 14.1. The highest BCUT2D eigenvalue weighted by Crippen LogP contribution is 2.11. The van der Waals surface area contributed by atoms with Crippen molar-refractivity contribution in [3.8, 4) is 5.82 Å². The minimum Gasteiger partial charge on any atom is -0.323 e. The first kappa shape index (κ1) is 20.4. The van der Waals surface area contributed by atoms with Gasteiger partial charge in [0.2, 0.25) is 5.91 Å². The number of nitrogens with one attached hydrogen (secondary N) is 1. The van der Waals surface area contributed by atoms with E-state index in [0.717, 1.165) is 5.82 Å². The largest absolute Gasteiger partial charge is 0.323 e. The van der Waals surface area contributed by atoms with Gasteiger partial charge in [-0.1, -0.05) is 13.8 Å². The quantitative estimate of drug-likeness (QED) is 0.871. The number of carbonyl (C=O) groups is 1. The van der Waals surface area contributed by atoms with Crippen LogP contribution in [0.4, 0.5) is 5.69 Å². The molecule has 0 aromatic carbocycles. The molecule has 0 saturated carbocycles. The zero-order valence-electron chi connectivity index (χ0n) is 12.5. The molecule has 1 atom stereocenters. The molecule has 0 aliphatic carbocycles. The van der Waals surface area contributed by atoms with Crippen LogP contribution >= 0.6 is 24.8 Å². The number of pyridine rings is 1. The second-order valence-electron chi connectivity index (χ2n) is 5.10. The highest BCUT2D eigenvalue weighted by molar-refractivity contribution is 5.94. The van der Waals surface area contributed by atoms with Crippen LogP contribution < -0.4 is 11.1 Å². The molecule has 2 aromatic rings. The number of carbonyl (C=O) groups excluding carboxylic acids is 1. The van der Waals surface area contributed by atoms with Gasteiger partial charge in [0.1, 0.15) is 12.1 Å². The Kier molecular flexibility index (Phi) is 8.70. The number of imidazole rings is 1. The standard InChI is InChI=1S/C14H19N5O.2ClH/c1-10(2)7-12(15)14(20)18-11-3-4-13(17-8-11)19-6-5-16-9-19;;/h3-6,8-10,12H,7,15H2,1-2H3,(H,18,20);2*1H/t12-;;/m0../s1. The predicted molar refractivity (Wildman–Crippen MR) is 91.9 cm³/mol. The number of anilines is 1. The molecule has 0 saturated heterocycles. The van der Waals surface area contributed by atoms with Gasteiger partial charge in [-0.15, -0.1) is 24.8 Å². The fourth-order valence-electron chi connectivity index (χ4n) is 1.86. The van der Waals surface area contributed by atoms with Crippen molar-refractivity contribution in [2.24, 2.45) is 11.7 Å². The number of amides is 1. The molecule has 2 heterocycles. The third-order valence-electron chi connectivity index (χ3n) is 2.85. The molecule has 0 aliphatic heterocycles. The molecule has 0 aliphatic rings. The SMILES string of the molecule is CC(C)C[C@H](N)C(=O)Nc1ccc(-n2ccnc2)nc1.Cl.Cl. The van der Waals surface area contributed by atoms with Crippen molar-refractivity contribution >= 4 is 36.4 Å². The van der Waals surface area contributed by atoms with E-state index in [4.69, 9.17) is 5.73 Å². The molecule has 0 radical (unpaired) electrons. The average Bonchev–Trinajstić information content (AvgIpc) is 2.92. The molecule has 122 valence electrons. The van der Waals surface area contributed by atoms with Crippen LogP contribution in [0.3, 0.4) is 0 Å². The van der Waals surface area contributed by atoms with Crippen LogP contribution in [0, 0.1) is 5.92 Å². The van der Waals surface area contributed by atoms with Crippen molar-refractivity contribution in [1.82, 2.24) is 14.5 Å². The first-order valence-corrected chi connectivity index (χ1v) is 6.57. The lowest BCUT2D eigenvalue weighted by molar-refractivity contribution is -0.117. The predicted octanol–water partition coefficient (Wildman–Crippen LogP) is 2.42. The van der Waals surface area contributed by atoms with Crippen LogP contribution in [0.15, 0.2) is 37.1 Å². The zero-order chi connectivity index (χ0) is 14.5. The van der Waals surface area contributed by atoms with E-state index in [1.54, 1.807) is 35.6 Å². The van der Waals surface area contributed by atoms with Crippen molar-refractivity contribution in [2.45, 2.75) is 26.3 Å². The maximum atomic E-state index is 11.9. The summed E-state index contributed by atoms with van der Waals surface area (Å²) in [4.78, 5) is 20.1. The number of rotatable bonds is 5. The van der Waals surface area contributed by atoms with Crippen LogP contribution in [-0.4, -0.2) is 26.5 Å². The minimum absolute atomic E-state index is 0. The van der Waals surface area contributed by atoms with E-state index in [-0.39, 0.29) is 30.7 Å². The maximum absolute atomic E-state index is 11.9. The lowest BCUT2D eigenvalue weighted by atomic mass is 10.0. The Bertz CT molecular complexity index is 557. The summed E-state index contributed by atoms with van der Waals surface area (Å²) < 4.78 is 1.79. The summed E-state index contributed by atoms with van der Waals surface area (Å²) in [6.07, 6.45) is 7.42. The van der Waals surface area contributed by atoms with E-state index < -0.39 is 6.04 Å². The van der Waals surface area contributed by atoms with Crippen LogP contribution in [-0.2, 0) is 4.79 Å². The summed E-state index contributed by atoms with van der Waals surface area (Å²) >= 11 is 0. The first-order chi connectivity index (χ1) is 9.56. The van der Waals surface area contributed by atoms with Crippen molar-refractivity contribution in [2.75, 3.05) is 5.32 Å². The molecule has 2 aromatic heterocycles. The topological polar surface area (TPSA) is 85.8 Å². The van der Waals surface area contributed by atoms with E-state index >= 15 is 0 Å². The normalized spacial score (nSPS) is 11.3. The number of aromatic nitrogens is 3. The number of nitrogens with zero attached hydrogens (tertiary/aromatic N) is 3. The molecule has 0 bridgehead atoms. The Morgan fingerprint density at radius 1 is 1.36 bits per heavy atom. The molecule has 2 rings (SSSR count). The molecule has 0 fully saturated rings. The van der Waals surface area contributed by atoms with E-state index in [1.807, 2.05) is 19.9 Å². The molecular formula is C14H21Cl2N5O. The smallest absolute Gasteiger partial charge is 0.241 e. The van der Waals surface area contributed by atoms with E-state index in [1.165, 1.54) is 0 Å². The molecule has 22 heavy (non-hydrogen) atoms. The number of hydrogen-bond acceptors (Lipinski definition) is 4. The summed E-state index contributed by atoms with van der Waals surface area (Å²) in [7, 11) is 0. The van der Waals surface area contributed by atoms with Gasteiger partial charge in [-0.2, -0.15) is 0 Å². The fourth-order valence-corrected chi connectivity index (χ4v) is 1.86. The van der Waals surface area contributed by atoms with Crippen LogP contribution in [0.1, 0.15) is 20.3 Å². The molecule has 6 nitrogen and oxygen atoms in total. The Morgan fingerprint density at radius 2 is 2.09 bits per heavy atom. The molecule has 0 unspecified atom stereocenters. The molecule has 8 heteroatoms. The van der Waals surface area contributed by atoms with E-state index in [2.05, 4.69) is 15.3 Å². The third kappa shape index (κ3) is 5.63. The summed E-state index contributed by atoms with van der Waals surface area (Å²) in [5.74, 6) is 0.945. The van der Waals surface area contributed by atoms with Gasteiger partial charge in [0, 0.05) is 12.4 Å². The number of nitrogens with two attached hydrogens (primary N) is 1. The highest BCUT2D eigenvalue weighted by Gasteiger charge is 2.15. The van der Waals surface area contributed by atoms with Gasteiger partial charge in [0.05, 0.1) is 17.9 Å². The van der Waals surface area contributed by atoms with Crippen LogP contribution in [0.5, 0.6) is 0 Å². The number of hydrogen-bond donors (Lipinski definition) is 2. The summed E-state index contributed by atoms with van der Waals surface area (Å²) in [6.45, 7) is 4.07. The van der Waals surface area contributed by atoms with Gasteiger partial charge >= 0.3 is 0 Å². The lowest BCUT2D eigenvalue weighted by Crippen LogP contribution is -2.36. The Labute approximate surface area is 142 Å². The van der Waals surface area contributed by atoms with Crippen molar-refractivity contribution < 1.29 is 4.79 Å². The van der Waals surface area contributed by atoms with Gasteiger partial charge in [0.15, 0.2) is 0 Å². The molecule has 3 N–H and O–H groups in total. The Morgan fingerprint density at radius 3 is 2.59 bits per heavy atom. The Balaban J connectivity index is 0.00000220. The monoisotopic (exact) mass is 345 g/mol. The van der Waals surface area contributed by atoms with Crippen LogP contribution in [0.2, 0.25) is 0 Å². The lowest BCUT2D eigenvalue weighted by Gasteiger charge is -2.14. The van der Waals surface area contributed by atoms with E-state index in [9.17, 15) is 4.79 Å². The molecular weight excluding hydrogens is 325 g/mol. The molecule has 0 spiro atoms. The van der Waals surface area contributed by atoms with Gasteiger partial charge in [-0.05, 0) is 24.5 Å². The van der Waals surface area contributed by atoms with Gasteiger partial charge < -0.3 is 11.1 Å². The highest BCUT2D eigenvalue weighted by atomic mass is 35.5. The minimum atomic E-state index is -0.497. The number of halogens is 2. The van der Waals surface area contributed by atoms with Gasteiger partial charge in [0.25, 0.3) is 0 Å². The first-order valence-electron chi connectivity index (χ1n) is 6.57. The average molecular weight is 346 g/mol. The van der Waals surface area contributed by atoms with Crippen molar-refractivity contribution in [3.05, 3.63) is 37.1 Å².